The minimum Gasteiger partial charge on any atom is -0.388 e. The number of carbonyl (C=O) groups is 1. The molecule has 0 aliphatic heterocycles. The van der Waals surface area contributed by atoms with Gasteiger partial charge in [0.05, 0.1) is 10.5 Å². The molecular weight excluding hydrogens is 222 g/mol. The van der Waals surface area contributed by atoms with Gasteiger partial charge in [0.2, 0.25) is 0 Å². The number of hydrogen-bond acceptors (Lipinski definition) is 3. The third kappa shape index (κ3) is 2.28. The largest absolute Gasteiger partial charge is 0.388 e. The van der Waals surface area contributed by atoms with Crippen molar-refractivity contribution in [2.24, 2.45) is 0 Å². The van der Waals surface area contributed by atoms with Crippen LogP contribution in [0.25, 0.3) is 0 Å². The van der Waals surface area contributed by atoms with Crippen LogP contribution in [-0.2, 0) is 0 Å². The van der Waals surface area contributed by atoms with E-state index in [-0.39, 0.29) is 5.91 Å². The smallest absolute Gasteiger partial charge is 0.261 e. The second-order valence-electron chi connectivity index (χ2n) is 4.61. The number of aliphatic hydroxyl groups is 1. The predicted octanol–water partition coefficient (Wildman–Crippen LogP) is 2.01. The van der Waals surface area contributed by atoms with Gasteiger partial charge in [-0.3, -0.25) is 4.79 Å². The summed E-state index contributed by atoms with van der Waals surface area (Å²) in [5.41, 5.74) is 0.509. The molecule has 1 heterocycles. The van der Waals surface area contributed by atoms with Crippen LogP contribution in [0.15, 0.2) is 6.07 Å². The van der Waals surface area contributed by atoms with Crippen LogP contribution in [0.1, 0.15) is 39.4 Å². The van der Waals surface area contributed by atoms with Gasteiger partial charge in [0, 0.05) is 11.4 Å². The van der Waals surface area contributed by atoms with E-state index in [0.29, 0.717) is 6.54 Å². The number of rotatable bonds is 3. The van der Waals surface area contributed by atoms with Crippen molar-refractivity contribution < 1.29 is 9.90 Å². The Morgan fingerprint density at radius 1 is 1.56 bits per heavy atom. The first-order valence-corrected chi connectivity index (χ1v) is 6.39. The number of carbonyl (C=O) groups excluding carboxylic acids is 1. The fraction of sp³-hybridized carbons (Fsp3) is 0.583. The summed E-state index contributed by atoms with van der Waals surface area (Å²) in [5.74, 6) is -0.0680. The maximum Gasteiger partial charge on any atom is 0.261 e. The van der Waals surface area contributed by atoms with Gasteiger partial charge in [0.15, 0.2) is 0 Å². The van der Waals surface area contributed by atoms with Gasteiger partial charge in [-0.25, -0.2) is 0 Å². The highest BCUT2D eigenvalue weighted by molar-refractivity contribution is 7.14. The maximum atomic E-state index is 11.8. The molecule has 2 N–H and O–H groups in total. The average molecular weight is 239 g/mol. The molecule has 0 bridgehead atoms. The van der Waals surface area contributed by atoms with E-state index in [0.717, 1.165) is 29.7 Å². The molecule has 0 aromatic carbocycles. The third-order valence-electron chi connectivity index (χ3n) is 3.25. The summed E-state index contributed by atoms with van der Waals surface area (Å²) in [7, 11) is 0. The lowest BCUT2D eigenvalue weighted by atomic mass is 9.80. The highest BCUT2D eigenvalue weighted by Crippen LogP contribution is 2.30. The Balaban J connectivity index is 1.93. The lowest BCUT2D eigenvalue weighted by Crippen LogP contribution is -2.47. The molecule has 2 rings (SSSR count). The van der Waals surface area contributed by atoms with Gasteiger partial charge < -0.3 is 10.4 Å². The minimum absolute atomic E-state index is 0.0680. The van der Waals surface area contributed by atoms with Gasteiger partial charge in [0.25, 0.3) is 5.91 Å². The SMILES string of the molecule is Cc1cc(C(=O)NCC2(O)CCC2)sc1C. The topological polar surface area (TPSA) is 49.3 Å². The molecule has 0 radical (unpaired) electrons. The van der Waals surface area contributed by atoms with Gasteiger partial charge in [0.1, 0.15) is 0 Å². The first-order valence-electron chi connectivity index (χ1n) is 5.58. The Morgan fingerprint density at radius 3 is 2.69 bits per heavy atom. The van der Waals surface area contributed by atoms with E-state index in [1.165, 1.54) is 16.2 Å². The lowest BCUT2D eigenvalue weighted by molar-refractivity contribution is -0.0300. The average Bonchev–Trinajstić information content (AvgIpc) is 2.53. The molecule has 1 saturated carbocycles. The third-order valence-corrected chi connectivity index (χ3v) is 4.40. The second-order valence-corrected chi connectivity index (χ2v) is 5.87. The zero-order valence-corrected chi connectivity index (χ0v) is 10.5. The van der Waals surface area contributed by atoms with E-state index >= 15 is 0 Å². The molecule has 1 aliphatic rings. The van der Waals surface area contributed by atoms with Gasteiger partial charge in [-0.1, -0.05) is 0 Å². The summed E-state index contributed by atoms with van der Waals surface area (Å²) >= 11 is 1.50. The van der Waals surface area contributed by atoms with Crippen LogP contribution in [0.4, 0.5) is 0 Å². The fourth-order valence-corrected chi connectivity index (χ4v) is 2.73. The van der Waals surface area contributed by atoms with Gasteiger partial charge in [-0.2, -0.15) is 0 Å². The molecule has 16 heavy (non-hydrogen) atoms. The zero-order chi connectivity index (χ0) is 11.8. The molecule has 0 unspecified atom stereocenters. The van der Waals surface area contributed by atoms with E-state index < -0.39 is 5.60 Å². The Kier molecular flexibility index (Phi) is 3.04. The Hall–Kier alpha value is -0.870. The van der Waals surface area contributed by atoms with Crippen molar-refractivity contribution in [1.29, 1.82) is 0 Å². The quantitative estimate of drug-likeness (QED) is 0.847. The van der Waals surface area contributed by atoms with Crippen molar-refractivity contribution in [3.05, 3.63) is 21.4 Å². The van der Waals surface area contributed by atoms with Crippen LogP contribution < -0.4 is 5.32 Å². The van der Waals surface area contributed by atoms with Crippen LogP contribution in [0.5, 0.6) is 0 Å². The van der Waals surface area contributed by atoms with E-state index in [1.54, 1.807) is 0 Å². The van der Waals surface area contributed by atoms with Gasteiger partial charge >= 0.3 is 0 Å². The highest BCUT2D eigenvalue weighted by atomic mass is 32.1. The minimum atomic E-state index is -0.642. The maximum absolute atomic E-state index is 11.8. The van der Waals surface area contributed by atoms with Gasteiger partial charge in [-0.05, 0) is 44.7 Å². The Bertz CT molecular complexity index is 388. The first-order chi connectivity index (χ1) is 7.50. The van der Waals surface area contributed by atoms with E-state index in [2.05, 4.69) is 5.32 Å². The van der Waals surface area contributed by atoms with Crippen LogP contribution in [0.2, 0.25) is 0 Å². The summed E-state index contributed by atoms with van der Waals surface area (Å²) < 4.78 is 0. The number of nitrogens with one attached hydrogen (secondary N) is 1. The van der Waals surface area contributed by atoms with E-state index in [1.807, 2.05) is 19.9 Å². The van der Waals surface area contributed by atoms with Crippen LogP contribution in [0, 0.1) is 13.8 Å². The molecule has 0 saturated heterocycles. The number of aryl methyl sites for hydroxylation is 2. The number of amides is 1. The summed E-state index contributed by atoms with van der Waals surface area (Å²) in [4.78, 5) is 13.7. The van der Waals surface area contributed by atoms with Crippen molar-refractivity contribution >= 4 is 17.2 Å². The van der Waals surface area contributed by atoms with Crippen molar-refractivity contribution in [1.82, 2.24) is 5.32 Å². The normalized spacial score (nSPS) is 17.9. The Labute approximate surface area is 99.5 Å². The van der Waals surface area contributed by atoms with Crippen LogP contribution >= 0.6 is 11.3 Å². The summed E-state index contributed by atoms with van der Waals surface area (Å²) in [5, 5.41) is 12.7. The summed E-state index contributed by atoms with van der Waals surface area (Å²) in [6.45, 7) is 4.39. The number of thiophene rings is 1. The molecule has 0 spiro atoms. The molecule has 1 fully saturated rings. The Morgan fingerprint density at radius 2 is 2.25 bits per heavy atom. The van der Waals surface area contributed by atoms with Crippen molar-refractivity contribution in [2.45, 2.75) is 38.7 Å². The second kappa shape index (κ2) is 4.18. The predicted molar refractivity (Wildman–Crippen MR) is 64.9 cm³/mol. The zero-order valence-electron chi connectivity index (χ0n) is 9.67. The van der Waals surface area contributed by atoms with Crippen LogP contribution in [-0.4, -0.2) is 23.2 Å². The standard InChI is InChI=1S/C12H17NO2S/c1-8-6-10(16-9(8)2)11(14)13-7-12(15)4-3-5-12/h6,15H,3-5,7H2,1-2H3,(H,13,14). The molecule has 1 aliphatic carbocycles. The van der Waals surface area contributed by atoms with Gasteiger partial charge in [-0.15, -0.1) is 11.3 Å². The van der Waals surface area contributed by atoms with Crippen molar-refractivity contribution in [2.75, 3.05) is 6.54 Å². The monoisotopic (exact) mass is 239 g/mol. The summed E-state index contributed by atoms with van der Waals surface area (Å²) in [6, 6.07) is 1.90. The van der Waals surface area contributed by atoms with E-state index in [4.69, 9.17) is 0 Å². The molecule has 0 atom stereocenters. The van der Waals surface area contributed by atoms with E-state index in [9.17, 15) is 9.90 Å². The first kappa shape index (κ1) is 11.6. The highest BCUT2D eigenvalue weighted by Gasteiger charge is 2.34. The molecule has 3 nitrogen and oxygen atoms in total. The lowest BCUT2D eigenvalue weighted by Gasteiger charge is -2.36. The fourth-order valence-electron chi connectivity index (χ4n) is 1.78. The summed E-state index contributed by atoms with van der Waals surface area (Å²) in [6.07, 6.45) is 2.66. The van der Waals surface area contributed by atoms with Crippen molar-refractivity contribution in [3.8, 4) is 0 Å². The molecule has 1 aromatic rings. The molecular formula is C12H17NO2S. The van der Waals surface area contributed by atoms with Crippen LogP contribution in [0.3, 0.4) is 0 Å². The molecule has 88 valence electrons. The molecule has 1 aromatic heterocycles. The molecule has 4 heteroatoms. The number of hydrogen-bond donors (Lipinski definition) is 2. The van der Waals surface area contributed by atoms with Crippen molar-refractivity contribution in [3.63, 3.8) is 0 Å². The molecule has 1 amide bonds.